The fourth-order valence-electron chi connectivity index (χ4n) is 2.27. The maximum Gasteiger partial charge on any atom is 0.338 e. The van der Waals surface area contributed by atoms with E-state index >= 15 is 0 Å². The van der Waals surface area contributed by atoms with E-state index in [0.717, 1.165) is 6.42 Å². The van der Waals surface area contributed by atoms with E-state index in [4.69, 9.17) is 9.47 Å². The monoisotopic (exact) mass is 341 g/mol. The van der Waals surface area contributed by atoms with Crippen molar-refractivity contribution in [1.82, 2.24) is 0 Å². The number of rotatable bonds is 7. The molecule has 0 saturated carbocycles. The van der Waals surface area contributed by atoms with Crippen molar-refractivity contribution >= 4 is 17.6 Å². The molecule has 0 heterocycles. The molecule has 132 valence electrons. The van der Waals surface area contributed by atoms with Crippen LogP contribution in [0.2, 0.25) is 0 Å². The summed E-state index contributed by atoms with van der Waals surface area (Å²) in [6, 6.07) is 14.2. The van der Waals surface area contributed by atoms with Gasteiger partial charge in [-0.2, -0.15) is 0 Å². The predicted molar refractivity (Wildman–Crippen MR) is 97.1 cm³/mol. The average molecular weight is 341 g/mol. The molecule has 0 radical (unpaired) electrons. The van der Waals surface area contributed by atoms with Crippen LogP contribution in [0.25, 0.3) is 0 Å². The van der Waals surface area contributed by atoms with Crippen molar-refractivity contribution in [2.24, 2.45) is 0 Å². The number of ether oxygens (including phenoxy) is 2. The van der Waals surface area contributed by atoms with Crippen molar-refractivity contribution < 1.29 is 19.1 Å². The second-order valence-electron chi connectivity index (χ2n) is 5.78. The van der Waals surface area contributed by atoms with Crippen molar-refractivity contribution in [3.8, 4) is 5.75 Å². The Morgan fingerprint density at radius 1 is 1.04 bits per heavy atom. The van der Waals surface area contributed by atoms with Crippen LogP contribution in [0.1, 0.15) is 42.1 Å². The highest BCUT2D eigenvalue weighted by molar-refractivity contribution is 5.95. The van der Waals surface area contributed by atoms with E-state index in [1.165, 1.54) is 5.56 Å². The maximum atomic E-state index is 11.9. The quantitative estimate of drug-likeness (QED) is 0.773. The molecular weight excluding hydrogens is 318 g/mol. The Hall–Kier alpha value is -2.82. The van der Waals surface area contributed by atoms with Crippen LogP contribution in [-0.4, -0.2) is 25.6 Å². The third-order valence-electron chi connectivity index (χ3n) is 4.04. The summed E-state index contributed by atoms with van der Waals surface area (Å²) in [5.41, 5.74) is 2.27. The van der Waals surface area contributed by atoms with Gasteiger partial charge >= 0.3 is 5.97 Å². The molecular formula is C20H23NO4. The van der Waals surface area contributed by atoms with E-state index < -0.39 is 5.97 Å². The van der Waals surface area contributed by atoms with Gasteiger partial charge in [0.1, 0.15) is 5.75 Å². The number of anilines is 1. The molecule has 25 heavy (non-hydrogen) atoms. The molecule has 0 bridgehead atoms. The van der Waals surface area contributed by atoms with Gasteiger partial charge in [0.2, 0.25) is 0 Å². The summed E-state index contributed by atoms with van der Waals surface area (Å²) in [5, 5.41) is 2.71. The Morgan fingerprint density at radius 3 is 2.24 bits per heavy atom. The minimum absolute atomic E-state index is 0.335. The smallest absolute Gasteiger partial charge is 0.338 e. The first-order valence-electron chi connectivity index (χ1n) is 8.24. The number of esters is 1. The minimum atomic E-state index is -0.551. The molecule has 0 spiro atoms. The summed E-state index contributed by atoms with van der Waals surface area (Å²) >= 11 is 0. The number of nitrogens with one attached hydrogen (secondary N) is 1. The molecule has 0 aliphatic heterocycles. The van der Waals surface area contributed by atoms with Crippen LogP contribution in [0, 0.1) is 0 Å². The maximum absolute atomic E-state index is 11.9. The molecule has 2 aromatic rings. The SMILES string of the molecule is CC[C@H](C)c1ccc(NC(=O)COC(=O)c2ccc(OC)cc2)cc1. The second-order valence-corrected chi connectivity index (χ2v) is 5.78. The van der Waals surface area contributed by atoms with Gasteiger partial charge in [0.15, 0.2) is 6.61 Å². The summed E-state index contributed by atoms with van der Waals surface area (Å²) in [6.07, 6.45) is 1.06. The molecule has 0 fully saturated rings. The lowest BCUT2D eigenvalue weighted by Gasteiger charge is -2.11. The molecule has 5 nitrogen and oxygen atoms in total. The van der Waals surface area contributed by atoms with Gasteiger partial charge in [-0.3, -0.25) is 4.79 Å². The second kappa shape index (κ2) is 8.87. The molecule has 1 atom stereocenters. The molecule has 0 aliphatic carbocycles. The minimum Gasteiger partial charge on any atom is -0.497 e. The fraction of sp³-hybridized carbons (Fsp3) is 0.300. The van der Waals surface area contributed by atoms with Crippen LogP contribution < -0.4 is 10.1 Å². The van der Waals surface area contributed by atoms with Gasteiger partial charge in [-0.05, 0) is 54.3 Å². The van der Waals surface area contributed by atoms with E-state index in [9.17, 15) is 9.59 Å². The zero-order valence-electron chi connectivity index (χ0n) is 14.7. The zero-order chi connectivity index (χ0) is 18.2. The Morgan fingerprint density at radius 2 is 1.68 bits per heavy atom. The molecule has 0 aliphatic rings. The normalized spacial score (nSPS) is 11.5. The summed E-state index contributed by atoms with van der Waals surface area (Å²) < 4.78 is 10.1. The standard InChI is InChI=1S/C20H23NO4/c1-4-14(2)15-5-9-17(10-6-15)21-19(22)13-25-20(23)16-7-11-18(24-3)12-8-16/h5-12,14H,4,13H2,1-3H3,(H,21,22)/t14-/m0/s1. The van der Waals surface area contributed by atoms with Gasteiger partial charge in [0, 0.05) is 5.69 Å². The number of carbonyl (C=O) groups excluding carboxylic acids is 2. The average Bonchev–Trinajstić information content (AvgIpc) is 2.66. The van der Waals surface area contributed by atoms with Crippen molar-refractivity contribution in [2.75, 3.05) is 19.0 Å². The van der Waals surface area contributed by atoms with Crippen molar-refractivity contribution in [1.29, 1.82) is 0 Å². The molecule has 2 rings (SSSR count). The van der Waals surface area contributed by atoms with E-state index in [0.29, 0.717) is 22.9 Å². The van der Waals surface area contributed by atoms with Crippen LogP contribution in [0.15, 0.2) is 48.5 Å². The van der Waals surface area contributed by atoms with E-state index in [1.807, 2.05) is 24.3 Å². The Kier molecular flexibility index (Phi) is 6.57. The first-order chi connectivity index (χ1) is 12.0. The summed E-state index contributed by atoms with van der Waals surface area (Å²) in [7, 11) is 1.55. The first kappa shape index (κ1) is 18.5. The highest BCUT2D eigenvalue weighted by Gasteiger charge is 2.11. The van der Waals surface area contributed by atoms with Gasteiger partial charge in [-0.25, -0.2) is 4.79 Å². The third kappa shape index (κ3) is 5.35. The van der Waals surface area contributed by atoms with Crippen molar-refractivity contribution in [2.45, 2.75) is 26.2 Å². The van der Waals surface area contributed by atoms with Crippen molar-refractivity contribution in [3.63, 3.8) is 0 Å². The predicted octanol–water partition coefficient (Wildman–Crippen LogP) is 4.00. The topological polar surface area (TPSA) is 64.6 Å². The lowest BCUT2D eigenvalue weighted by Crippen LogP contribution is -2.20. The number of hydrogen-bond donors (Lipinski definition) is 1. The molecule has 5 heteroatoms. The van der Waals surface area contributed by atoms with Crippen LogP contribution in [0.5, 0.6) is 5.75 Å². The summed E-state index contributed by atoms with van der Waals surface area (Å²) in [6.45, 7) is 3.96. The Labute approximate surface area is 148 Å². The number of methoxy groups -OCH3 is 1. The first-order valence-corrected chi connectivity index (χ1v) is 8.24. The highest BCUT2D eigenvalue weighted by atomic mass is 16.5. The van der Waals surface area contributed by atoms with Gasteiger partial charge < -0.3 is 14.8 Å². The summed E-state index contributed by atoms with van der Waals surface area (Å²) in [5.74, 6) is 0.202. The van der Waals surface area contributed by atoms with Gasteiger partial charge in [-0.1, -0.05) is 26.0 Å². The largest absolute Gasteiger partial charge is 0.497 e. The van der Waals surface area contributed by atoms with E-state index in [2.05, 4.69) is 19.2 Å². The highest BCUT2D eigenvalue weighted by Crippen LogP contribution is 2.20. The van der Waals surface area contributed by atoms with Crippen LogP contribution in [-0.2, 0) is 9.53 Å². The number of carbonyl (C=O) groups is 2. The van der Waals surface area contributed by atoms with Crippen LogP contribution in [0.4, 0.5) is 5.69 Å². The summed E-state index contributed by atoms with van der Waals surface area (Å²) in [4.78, 5) is 23.8. The van der Waals surface area contributed by atoms with Crippen molar-refractivity contribution in [3.05, 3.63) is 59.7 Å². The van der Waals surface area contributed by atoms with Gasteiger partial charge in [0.05, 0.1) is 12.7 Å². The Bertz CT molecular complexity index is 707. The van der Waals surface area contributed by atoms with Gasteiger partial charge in [0.25, 0.3) is 5.91 Å². The lowest BCUT2D eigenvalue weighted by molar-refractivity contribution is -0.119. The Balaban J connectivity index is 1.84. The molecule has 1 amide bonds. The molecule has 0 aromatic heterocycles. The lowest BCUT2D eigenvalue weighted by atomic mass is 9.99. The number of amides is 1. The fourth-order valence-corrected chi connectivity index (χ4v) is 2.27. The van der Waals surface area contributed by atoms with E-state index in [-0.39, 0.29) is 12.5 Å². The number of benzene rings is 2. The molecule has 0 saturated heterocycles. The molecule has 0 unspecified atom stereocenters. The zero-order valence-corrected chi connectivity index (χ0v) is 14.7. The van der Waals surface area contributed by atoms with Crippen LogP contribution >= 0.6 is 0 Å². The molecule has 2 aromatic carbocycles. The van der Waals surface area contributed by atoms with Crippen LogP contribution in [0.3, 0.4) is 0 Å². The third-order valence-corrected chi connectivity index (χ3v) is 4.04. The van der Waals surface area contributed by atoms with Gasteiger partial charge in [-0.15, -0.1) is 0 Å². The number of hydrogen-bond acceptors (Lipinski definition) is 4. The molecule has 1 N–H and O–H groups in total. The van der Waals surface area contributed by atoms with E-state index in [1.54, 1.807) is 31.4 Å².